The van der Waals surface area contributed by atoms with Gasteiger partial charge in [-0.05, 0) is 57.7 Å². The predicted molar refractivity (Wildman–Crippen MR) is 91.0 cm³/mol. The second-order valence-corrected chi connectivity index (χ2v) is 6.78. The lowest BCUT2D eigenvalue weighted by atomic mass is 9.96. The van der Waals surface area contributed by atoms with Crippen LogP contribution in [-0.4, -0.2) is 56.0 Å². The van der Waals surface area contributed by atoms with E-state index in [4.69, 9.17) is 0 Å². The molecule has 0 spiro atoms. The third-order valence-corrected chi connectivity index (χ3v) is 4.47. The van der Waals surface area contributed by atoms with Crippen molar-refractivity contribution in [1.82, 2.24) is 15.1 Å². The van der Waals surface area contributed by atoms with Crippen LogP contribution in [0.2, 0.25) is 0 Å². The molecule has 1 aromatic rings. The van der Waals surface area contributed by atoms with Crippen molar-refractivity contribution in [1.29, 1.82) is 0 Å². The van der Waals surface area contributed by atoms with Gasteiger partial charge in [0.15, 0.2) is 0 Å². The number of piperidine rings is 1. The maximum absolute atomic E-state index is 12.8. The Bertz CT molecular complexity index is 552. The molecule has 25 heavy (non-hydrogen) atoms. The molecule has 1 aromatic carbocycles. The second kappa shape index (κ2) is 8.67. The number of carbonyl (C=O) groups excluding carboxylic acids is 1. The molecule has 1 aliphatic rings. The van der Waals surface area contributed by atoms with Gasteiger partial charge >= 0.3 is 6.18 Å². The van der Waals surface area contributed by atoms with E-state index in [-0.39, 0.29) is 11.8 Å². The van der Waals surface area contributed by atoms with Gasteiger partial charge in [-0.15, -0.1) is 0 Å². The molecule has 2 rings (SSSR count). The Hall–Kier alpha value is -1.60. The Kier molecular flexibility index (Phi) is 6.84. The summed E-state index contributed by atoms with van der Waals surface area (Å²) in [6, 6.07) is 5.07. The van der Waals surface area contributed by atoms with E-state index in [1.165, 1.54) is 12.1 Å². The number of carbonyl (C=O) groups is 1. The highest BCUT2D eigenvalue weighted by molar-refractivity contribution is 5.79. The summed E-state index contributed by atoms with van der Waals surface area (Å²) in [5, 5.41) is 3.24. The zero-order valence-electron chi connectivity index (χ0n) is 14.8. The number of nitrogens with zero attached hydrogens (tertiary/aromatic N) is 2. The van der Waals surface area contributed by atoms with Gasteiger partial charge in [0.05, 0.1) is 5.56 Å². The number of benzene rings is 1. The van der Waals surface area contributed by atoms with Crippen LogP contribution in [0.5, 0.6) is 0 Å². The van der Waals surface area contributed by atoms with Crippen LogP contribution >= 0.6 is 0 Å². The minimum atomic E-state index is -4.34. The fraction of sp³-hybridized carbons (Fsp3) is 0.611. The van der Waals surface area contributed by atoms with Gasteiger partial charge in [0.1, 0.15) is 0 Å². The summed E-state index contributed by atoms with van der Waals surface area (Å²) in [5.74, 6) is 0.0982. The number of amides is 1. The van der Waals surface area contributed by atoms with Crippen LogP contribution in [0.15, 0.2) is 24.3 Å². The molecule has 0 aliphatic carbocycles. The fourth-order valence-corrected chi connectivity index (χ4v) is 2.93. The lowest BCUT2D eigenvalue weighted by molar-refractivity contribution is -0.138. The highest BCUT2D eigenvalue weighted by atomic mass is 19.4. The van der Waals surface area contributed by atoms with Crippen LogP contribution in [0.1, 0.15) is 24.0 Å². The summed E-state index contributed by atoms with van der Waals surface area (Å²) in [6.07, 6.45) is -2.72. The summed E-state index contributed by atoms with van der Waals surface area (Å²) >= 11 is 0. The molecular weight excluding hydrogens is 331 g/mol. The number of hydrogen-bond acceptors (Lipinski definition) is 3. The first-order valence-corrected chi connectivity index (χ1v) is 8.57. The van der Waals surface area contributed by atoms with Crippen molar-refractivity contribution >= 4 is 5.91 Å². The van der Waals surface area contributed by atoms with Gasteiger partial charge < -0.3 is 15.1 Å². The number of likely N-dealkylation sites (N-methyl/N-ethyl adjacent to an activating group) is 1. The summed E-state index contributed by atoms with van der Waals surface area (Å²) in [6.45, 7) is 3.29. The average Bonchev–Trinajstić information content (AvgIpc) is 2.58. The Morgan fingerprint density at radius 2 is 1.72 bits per heavy atom. The zero-order chi connectivity index (χ0) is 18.4. The highest BCUT2D eigenvalue weighted by Crippen LogP contribution is 2.29. The Labute approximate surface area is 147 Å². The van der Waals surface area contributed by atoms with E-state index in [2.05, 4.69) is 5.32 Å². The van der Waals surface area contributed by atoms with Crippen LogP contribution < -0.4 is 5.32 Å². The lowest BCUT2D eigenvalue weighted by Gasteiger charge is -2.30. The van der Waals surface area contributed by atoms with Gasteiger partial charge in [-0.25, -0.2) is 0 Å². The average molecular weight is 357 g/mol. The third-order valence-electron chi connectivity index (χ3n) is 4.47. The summed E-state index contributed by atoms with van der Waals surface area (Å²) in [4.78, 5) is 16.6. The van der Waals surface area contributed by atoms with E-state index >= 15 is 0 Å². The van der Waals surface area contributed by atoms with Gasteiger partial charge in [-0.3, -0.25) is 4.79 Å². The van der Waals surface area contributed by atoms with Gasteiger partial charge in [0, 0.05) is 25.6 Å². The van der Waals surface area contributed by atoms with Gasteiger partial charge in [0.25, 0.3) is 0 Å². The van der Waals surface area contributed by atoms with Crippen LogP contribution in [0.3, 0.4) is 0 Å². The molecule has 0 unspecified atom stereocenters. The number of nitrogens with one attached hydrogen (secondary N) is 1. The molecular formula is C18H26F3N3O. The minimum absolute atomic E-state index is 0.00198. The molecule has 0 atom stereocenters. The predicted octanol–water partition coefficient (Wildman–Crippen LogP) is 2.60. The molecule has 0 saturated carbocycles. The van der Waals surface area contributed by atoms with Crippen LogP contribution in [0.25, 0.3) is 0 Å². The van der Waals surface area contributed by atoms with Crippen molar-refractivity contribution < 1.29 is 18.0 Å². The quantitative estimate of drug-likeness (QED) is 0.850. The molecule has 1 fully saturated rings. The monoisotopic (exact) mass is 357 g/mol. The summed E-state index contributed by atoms with van der Waals surface area (Å²) in [5.41, 5.74) is 0.0508. The second-order valence-electron chi connectivity index (χ2n) is 6.78. The first-order valence-electron chi connectivity index (χ1n) is 8.57. The van der Waals surface area contributed by atoms with Gasteiger partial charge in [-0.1, -0.05) is 12.1 Å². The third kappa shape index (κ3) is 6.01. The van der Waals surface area contributed by atoms with Crippen molar-refractivity contribution in [3.05, 3.63) is 35.4 Å². The molecule has 1 saturated heterocycles. The first kappa shape index (κ1) is 19.7. The molecule has 0 aromatic heterocycles. The largest absolute Gasteiger partial charge is 0.416 e. The van der Waals surface area contributed by atoms with Crippen LogP contribution in [0, 0.1) is 5.92 Å². The summed E-state index contributed by atoms with van der Waals surface area (Å²) in [7, 11) is 3.87. The van der Waals surface area contributed by atoms with Gasteiger partial charge in [-0.2, -0.15) is 13.2 Å². The molecule has 1 heterocycles. The maximum Gasteiger partial charge on any atom is 0.416 e. The molecule has 1 amide bonds. The van der Waals surface area contributed by atoms with Crippen molar-refractivity contribution in [2.75, 3.05) is 40.3 Å². The van der Waals surface area contributed by atoms with Crippen molar-refractivity contribution in [3.8, 4) is 0 Å². The van der Waals surface area contributed by atoms with E-state index in [0.29, 0.717) is 18.7 Å². The van der Waals surface area contributed by atoms with E-state index in [1.54, 1.807) is 4.90 Å². The number of hydrogen-bond donors (Lipinski definition) is 1. The number of alkyl halides is 3. The topological polar surface area (TPSA) is 35.6 Å². The molecule has 0 bridgehead atoms. The summed E-state index contributed by atoms with van der Waals surface area (Å²) < 4.78 is 38.1. The minimum Gasteiger partial charge on any atom is -0.337 e. The van der Waals surface area contributed by atoms with Crippen molar-refractivity contribution in [2.24, 2.45) is 5.92 Å². The van der Waals surface area contributed by atoms with Crippen molar-refractivity contribution in [3.63, 3.8) is 0 Å². The number of halogens is 3. The standard InChI is InChI=1S/C18H26F3N3O/c1-23(2)11-12-24(17(25)15-7-9-22-10-8-15)13-14-3-5-16(6-4-14)18(19,20)21/h3-6,15,22H,7-13H2,1-2H3. The number of rotatable bonds is 6. The Morgan fingerprint density at radius 1 is 1.12 bits per heavy atom. The molecule has 140 valence electrons. The van der Waals surface area contributed by atoms with E-state index in [9.17, 15) is 18.0 Å². The van der Waals surface area contributed by atoms with Crippen LogP contribution in [0.4, 0.5) is 13.2 Å². The van der Waals surface area contributed by atoms with E-state index in [1.807, 2.05) is 19.0 Å². The normalized spacial score (nSPS) is 16.2. The first-order chi connectivity index (χ1) is 11.8. The molecule has 1 N–H and O–H groups in total. The zero-order valence-corrected chi connectivity index (χ0v) is 14.8. The Balaban J connectivity index is 2.07. The van der Waals surface area contributed by atoms with E-state index < -0.39 is 11.7 Å². The molecule has 7 heteroatoms. The highest BCUT2D eigenvalue weighted by Gasteiger charge is 2.30. The molecule has 4 nitrogen and oxygen atoms in total. The van der Waals surface area contributed by atoms with Crippen LogP contribution in [-0.2, 0) is 17.5 Å². The molecule has 0 radical (unpaired) electrons. The van der Waals surface area contributed by atoms with Gasteiger partial charge in [0.2, 0.25) is 5.91 Å². The van der Waals surface area contributed by atoms with Crippen molar-refractivity contribution in [2.45, 2.75) is 25.6 Å². The van der Waals surface area contributed by atoms with E-state index in [0.717, 1.165) is 44.6 Å². The molecule has 1 aliphatic heterocycles. The smallest absolute Gasteiger partial charge is 0.337 e. The lowest BCUT2D eigenvalue weighted by Crippen LogP contribution is -2.43. The Morgan fingerprint density at radius 3 is 2.24 bits per heavy atom. The SMILES string of the molecule is CN(C)CCN(Cc1ccc(C(F)(F)F)cc1)C(=O)C1CCNCC1. The fourth-order valence-electron chi connectivity index (χ4n) is 2.93. The maximum atomic E-state index is 12.8.